The Labute approximate surface area is 175 Å². The zero-order chi connectivity index (χ0) is 22.9. The highest BCUT2D eigenvalue weighted by Crippen LogP contribution is 2.33. The molecule has 3 amide bonds. The molecule has 1 heterocycles. The zero-order valence-electron chi connectivity index (χ0n) is 17.3. The number of nitrogens with zero attached hydrogens (tertiary/aromatic N) is 2. The number of alkyl carbamates (subject to hydrolysis) is 1. The quantitative estimate of drug-likeness (QED) is 0.723. The van der Waals surface area contributed by atoms with Gasteiger partial charge in [-0.15, -0.1) is 0 Å². The molecule has 2 atom stereocenters. The standard InChI is InChI=1S/C19H24N4O6S/c1-11-16(22-18(26)29-19(2,3)4)17(25)21-13-7-6-12(9-20)8-14(13)23(11)15(24)10-30(5,27)28/h6-8,11,16H,10H2,1-5H3,(H,21,25)(H,22,26)/t11-,16-/m0/s1. The van der Waals surface area contributed by atoms with E-state index in [4.69, 9.17) is 4.74 Å². The molecule has 0 fully saturated rings. The third-order valence-electron chi connectivity index (χ3n) is 4.14. The number of carbonyl (C=O) groups is 3. The molecule has 2 rings (SSSR count). The summed E-state index contributed by atoms with van der Waals surface area (Å²) in [7, 11) is -3.68. The lowest BCUT2D eigenvalue weighted by molar-refractivity contribution is -0.119. The van der Waals surface area contributed by atoms with Crippen LogP contribution in [0.25, 0.3) is 0 Å². The Morgan fingerprint density at radius 2 is 1.97 bits per heavy atom. The Balaban J connectivity index is 2.51. The van der Waals surface area contributed by atoms with E-state index < -0.39 is 51.2 Å². The summed E-state index contributed by atoms with van der Waals surface area (Å²) in [4.78, 5) is 39.0. The summed E-state index contributed by atoms with van der Waals surface area (Å²) in [6, 6.07) is 4.00. The number of fused-ring (bicyclic) bond motifs is 1. The molecule has 0 unspecified atom stereocenters. The monoisotopic (exact) mass is 436 g/mol. The summed E-state index contributed by atoms with van der Waals surface area (Å²) in [5, 5.41) is 14.3. The summed E-state index contributed by atoms with van der Waals surface area (Å²) in [5.74, 6) is -2.22. The predicted octanol–water partition coefficient (Wildman–Crippen LogP) is 1.17. The number of carbonyl (C=O) groups excluding carboxylic acids is 3. The van der Waals surface area contributed by atoms with E-state index in [1.165, 1.54) is 25.1 Å². The largest absolute Gasteiger partial charge is 0.444 e. The molecule has 0 aliphatic carbocycles. The Kier molecular flexibility index (Phi) is 6.42. The summed E-state index contributed by atoms with van der Waals surface area (Å²) in [6.07, 6.45) is 0.0495. The first-order valence-electron chi connectivity index (χ1n) is 9.06. The summed E-state index contributed by atoms with van der Waals surface area (Å²) < 4.78 is 28.6. The Bertz CT molecular complexity index is 1020. The number of nitrogens with one attached hydrogen (secondary N) is 2. The Morgan fingerprint density at radius 3 is 2.50 bits per heavy atom. The van der Waals surface area contributed by atoms with E-state index >= 15 is 0 Å². The smallest absolute Gasteiger partial charge is 0.408 e. The molecule has 1 aliphatic heterocycles. The van der Waals surface area contributed by atoms with Crippen molar-refractivity contribution in [2.45, 2.75) is 45.4 Å². The SMILES string of the molecule is C[C@H]1[C@H](NC(=O)OC(C)(C)C)C(=O)Nc2ccc(C#N)cc2N1C(=O)CS(C)(=O)=O. The zero-order valence-corrected chi connectivity index (χ0v) is 18.2. The van der Waals surface area contributed by atoms with Gasteiger partial charge in [-0.1, -0.05) is 0 Å². The van der Waals surface area contributed by atoms with Gasteiger partial charge >= 0.3 is 6.09 Å². The van der Waals surface area contributed by atoms with Crippen LogP contribution < -0.4 is 15.5 Å². The van der Waals surface area contributed by atoms with Crippen molar-refractivity contribution in [1.29, 1.82) is 5.26 Å². The van der Waals surface area contributed by atoms with Crippen LogP contribution in [-0.4, -0.2) is 56.0 Å². The Hall–Kier alpha value is -3.13. The molecule has 0 aromatic heterocycles. The summed E-state index contributed by atoms with van der Waals surface area (Å²) in [6.45, 7) is 6.47. The maximum atomic E-state index is 12.9. The molecular weight excluding hydrogens is 412 g/mol. The minimum atomic E-state index is -3.68. The van der Waals surface area contributed by atoms with Gasteiger partial charge in [-0.2, -0.15) is 5.26 Å². The van der Waals surface area contributed by atoms with Crippen molar-refractivity contribution in [1.82, 2.24) is 5.32 Å². The maximum absolute atomic E-state index is 12.9. The molecule has 11 heteroatoms. The number of benzene rings is 1. The van der Waals surface area contributed by atoms with Crippen molar-refractivity contribution in [2.75, 3.05) is 22.2 Å². The van der Waals surface area contributed by atoms with Gasteiger partial charge in [-0.3, -0.25) is 9.59 Å². The van der Waals surface area contributed by atoms with Crippen LogP contribution >= 0.6 is 0 Å². The van der Waals surface area contributed by atoms with E-state index in [1.807, 2.05) is 6.07 Å². The molecule has 162 valence electrons. The van der Waals surface area contributed by atoms with E-state index in [-0.39, 0.29) is 16.9 Å². The summed E-state index contributed by atoms with van der Waals surface area (Å²) >= 11 is 0. The number of nitriles is 1. The number of hydrogen-bond donors (Lipinski definition) is 2. The van der Waals surface area contributed by atoms with E-state index in [9.17, 15) is 28.1 Å². The van der Waals surface area contributed by atoms with Crippen LogP contribution in [-0.2, 0) is 24.2 Å². The third-order valence-corrected chi connectivity index (χ3v) is 4.91. The van der Waals surface area contributed by atoms with E-state index in [0.717, 1.165) is 11.2 Å². The second-order valence-electron chi connectivity index (χ2n) is 8.03. The van der Waals surface area contributed by atoms with Gasteiger partial charge in [0.05, 0.1) is 29.0 Å². The lowest BCUT2D eigenvalue weighted by atomic mass is 10.1. The second kappa shape index (κ2) is 8.31. The minimum Gasteiger partial charge on any atom is -0.444 e. The van der Waals surface area contributed by atoms with Crippen molar-refractivity contribution < 1.29 is 27.5 Å². The van der Waals surface area contributed by atoms with Gasteiger partial charge in [-0.25, -0.2) is 13.2 Å². The van der Waals surface area contributed by atoms with Gasteiger partial charge in [0.1, 0.15) is 17.4 Å². The highest BCUT2D eigenvalue weighted by Gasteiger charge is 2.40. The highest BCUT2D eigenvalue weighted by molar-refractivity contribution is 7.91. The highest BCUT2D eigenvalue weighted by atomic mass is 32.2. The molecule has 1 aromatic rings. The molecule has 0 spiro atoms. The van der Waals surface area contributed by atoms with Crippen molar-refractivity contribution in [3.8, 4) is 6.07 Å². The Morgan fingerprint density at radius 1 is 1.33 bits per heavy atom. The van der Waals surface area contributed by atoms with Gasteiger partial charge in [0, 0.05) is 6.26 Å². The number of hydrogen-bond acceptors (Lipinski definition) is 7. The lowest BCUT2D eigenvalue weighted by Crippen LogP contribution is -2.57. The van der Waals surface area contributed by atoms with E-state index in [0.29, 0.717) is 0 Å². The molecule has 10 nitrogen and oxygen atoms in total. The number of ether oxygens (including phenoxy) is 1. The van der Waals surface area contributed by atoms with Crippen LogP contribution in [0.2, 0.25) is 0 Å². The average molecular weight is 436 g/mol. The van der Waals surface area contributed by atoms with Gasteiger partial charge in [0.25, 0.3) is 0 Å². The first-order chi connectivity index (χ1) is 13.7. The van der Waals surface area contributed by atoms with Crippen molar-refractivity contribution in [2.24, 2.45) is 0 Å². The fourth-order valence-electron chi connectivity index (χ4n) is 2.98. The fraction of sp³-hybridized carbons (Fsp3) is 0.474. The first kappa shape index (κ1) is 23.2. The van der Waals surface area contributed by atoms with Crippen molar-refractivity contribution in [3.63, 3.8) is 0 Å². The number of anilines is 2. The second-order valence-corrected chi connectivity index (χ2v) is 10.2. The van der Waals surface area contributed by atoms with Gasteiger partial charge in [0.15, 0.2) is 9.84 Å². The van der Waals surface area contributed by atoms with Gasteiger partial charge in [-0.05, 0) is 45.9 Å². The first-order valence-corrected chi connectivity index (χ1v) is 11.1. The molecule has 0 radical (unpaired) electrons. The van der Waals surface area contributed by atoms with Crippen LogP contribution in [0.1, 0.15) is 33.3 Å². The third kappa shape index (κ3) is 5.70. The van der Waals surface area contributed by atoms with Crippen LogP contribution in [0.3, 0.4) is 0 Å². The molecule has 1 aromatic carbocycles. The van der Waals surface area contributed by atoms with Crippen LogP contribution in [0.15, 0.2) is 18.2 Å². The van der Waals surface area contributed by atoms with Gasteiger partial charge < -0.3 is 20.3 Å². The van der Waals surface area contributed by atoms with E-state index in [2.05, 4.69) is 10.6 Å². The number of amides is 3. The number of rotatable bonds is 3. The lowest BCUT2D eigenvalue weighted by Gasteiger charge is -2.32. The fourth-order valence-corrected chi connectivity index (χ4v) is 3.57. The van der Waals surface area contributed by atoms with E-state index in [1.54, 1.807) is 20.8 Å². The number of sulfone groups is 1. The molecule has 0 saturated carbocycles. The predicted molar refractivity (Wildman–Crippen MR) is 110 cm³/mol. The summed E-state index contributed by atoms with van der Waals surface area (Å²) in [5.41, 5.74) is -0.227. The topological polar surface area (TPSA) is 146 Å². The average Bonchev–Trinajstić information content (AvgIpc) is 2.66. The van der Waals surface area contributed by atoms with Crippen LogP contribution in [0.4, 0.5) is 16.2 Å². The molecule has 30 heavy (non-hydrogen) atoms. The van der Waals surface area contributed by atoms with Crippen LogP contribution in [0, 0.1) is 11.3 Å². The molecule has 0 saturated heterocycles. The minimum absolute atomic E-state index is 0.164. The maximum Gasteiger partial charge on any atom is 0.408 e. The molecule has 0 bridgehead atoms. The molecular formula is C19H24N4O6S. The molecule has 2 N–H and O–H groups in total. The van der Waals surface area contributed by atoms with Crippen LogP contribution in [0.5, 0.6) is 0 Å². The van der Waals surface area contributed by atoms with Gasteiger partial charge in [0.2, 0.25) is 11.8 Å². The molecule has 1 aliphatic rings. The normalized spacial score (nSPS) is 19.1. The van der Waals surface area contributed by atoms with Crippen molar-refractivity contribution in [3.05, 3.63) is 23.8 Å². The van der Waals surface area contributed by atoms with Crippen molar-refractivity contribution >= 4 is 39.1 Å².